The molecule has 0 aliphatic heterocycles. The largest absolute Gasteiger partial charge is 0.495 e. The molecule has 0 amide bonds. The topological polar surface area (TPSA) is 53.1 Å². The number of fused-ring (bicyclic) bond motifs is 1. The van der Waals surface area contributed by atoms with Gasteiger partial charge >= 0.3 is 0 Å². The van der Waals surface area contributed by atoms with Gasteiger partial charge in [-0.15, -0.1) is 0 Å². The van der Waals surface area contributed by atoms with E-state index in [-0.39, 0.29) is 0 Å². The lowest BCUT2D eigenvalue weighted by molar-refractivity contribution is 0.417. The molecule has 1 aromatic heterocycles. The monoisotopic (exact) mass is 267 g/mol. The molecular weight excluding hydrogens is 250 g/mol. The SMILES string of the molecule is COc1ccc(Cn2c(C)nc3ccccc32)cc1N. The summed E-state index contributed by atoms with van der Waals surface area (Å²) in [6.07, 6.45) is 0. The Labute approximate surface area is 117 Å². The van der Waals surface area contributed by atoms with Crippen LogP contribution >= 0.6 is 0 Å². The van der Waals surface area contributed by atoms with E-state index in [1.165, 1.54) is 0 Å². The molecule has 0 spiro atoms. The molecule has 4 heteroatoms. The van der Waals surface area contributed by atoms with Gasteiger partial charge in [0, 0.05) is 6.54 Å². The highest BCUT2D eigenvalue weighted by atomic mass is 16.5. The standard InChI is InChI=1S/C16H17N3O/c1-11-18-14-5-3-4-6-15(14)19(11)10-12-7-8-16(20-2)13(17)9-12/h3-9H,10,17H2,1-2H3. The Bertz CT molecular complexity index is 762. The van der Waals surface area contributed by atoms with Crippen molar-refractivity contribution in [2.24, 2.45) is 0 Å². The third kappa shape index (κ3) is 2.09. The van der Waals surface area contributed by atoms with Crippen LogP contribution in [0.2, 0.25) is 0 Å². The van der Waals surface area contributed by atoms with E-state index in [1.807, 2.05) is 43.3 Å². The fourth-order valence-electron chi connectivity index (χ4n) is 2.46. The van der Waals surface area contributed by atoms with Crippen molar-refractivity contribution in [1.29, 1.82) is 0 Å². The van der Waals surface area contributed by atoms with E-state index in [1.54, 1.807) is 7.11 Å². The Kier molecular flexibility index (Phi) is 3.06. The number of rotatable bonds is 3. The normalized spacial score (nSPS) is 10.9. The molecule has 4 nitrogen and oxygen atoms in total. The molecule has 3 aromatic rings. The predicted molar refractivity (Wildman–Crippen MR) is 81.0 cm³/mol. The average molecular weight is 267 g/mol. The molecule has 0 atom stereocenters. The van der Waals surface area contributed by atoms with E-state index in [0.29, 0.717) is 11.4 Å². The van der Waals surface area contributed by atoms with Crippen molar-refractivity contribution >= 4 is 16.7 Å². The Morgan fingerprint density at radius 3 is 2.75 bits per heavy atom. The van der Waals surface area contributed by atoms with Crippen LogP contribution in [0.25, 0.3) is 11.0 Å². The molecule has 0 aliphatic carbocycles. The van der Waals surface area contributed by atoms with Crippen LogP contribution in [0.1, 0.15) is 11.4 Å². The highest BCUT2D eigenvalue weighted by molar-refractivity contribution is 5.76. The molecule has 0 saturated heterocycles. The van der Waals surface area contributed by atoms with Crippen molar-refractivity contribution in [3.8, 4) is 5.75 Å². The lowest BCUT2D eigenvalue weighted by Crippen LogP contribution is -2.03. The summed E-state index contributed by atoms with van der Waals surface area (Å²) >= 11 is 0. The first-order chi connectivity index (χ1) is 9.69. The molecule has 2 aromatic carbocycles. The number of nitrogen functional groups attached to an aromatic ring is 1. The number of imidazole rings is 1. The molecular formula is C16H17N3O. The summed E-state index contributed by atoms with van der Waals surface area (Å²) < 4.78 is 7.38. The molecule has 0 bridgehead atoms. The molecule has 102 valence electrons. The maximum atomic E-state index is 5.96. The average Bonchev–Trinajstić information content (AvgIpc) is 2.76. The zero-order valence-corrected chi connectivity index (χ0v) is 11.6. The first-order valence-electron chi connectivity index (χ1n) is 6.53. The summed E-state index contributed by atoms with van der Waals surface area (Å²) in [6.45, 7) is 2.77. The first-order valence-corrected chi connectivity index (χ1v) is 6.53. The van der Waals surface area contributed by atoms with Gasteiger partial charge in [0.05, 0.1) is 23.8 Å². The van der Waals surface area contributed by atoms with Crippen LogP contribution in [0.4, 0.5) is 5.69 Å². The van der Waals surface area contributed by atoms with Gasteiger partial charge in [-0.25, -0.2) is 4.98 Å². The number of benzene rings is 2. The Morgan fingerprint density at radius 1 is 1.20 bits per heavy atom. The van der Waals surface area contributed by atoms with Crippen LogP contribution in [0.15, 0.2) is 42.5 Å². The second-order valence-electron chi connectivity index (χ2n) is 4.81. The van der Waals surface area contributed by atoms with Gasteiger partial charge < -0.3 is 15.0 Å². The van der Waals surface area contributed by atoms with E-state index >= 15 is 0 Å². The number of ether oxygens (including phenoxy) is 1. The van der Waals surface area contributed by atoms with Crippen LogP contribution in [-0.2, 0) is 6.54 Å². The Balaban J connectivity index is 2.01. The molecule has 0 unspecified atom stereocenters. The zero-order chi connectivity index (χ0) is 14.1. The highest BCUT2D eigenvalue weighted by Gasteiger charge is 2.08. The molecule has 0 aliphatic rings. The van der Waals surface area contributed by atoms with Gasteiger partial charge in [-0.05, 0) is 36.8 Å². The second kappa shape index (κ2) is 4.89. The molecule has 1 heterocycles. The number of nitrogens with two attached hydrogens (primary N) is 1. The minimum absolute atomic E-state index is 0.659. The second-order valence-corrected chi connectivity index (χ2v) is 4.81. The van der Waals surface area contributed by atoms with Gasteiger partial charge in [0.15, 0.2) is 0 Å². The number of methoxy groups -OCH3 is 1. The molecule has 2 N–H and O–H groups in total. The molecule has 0 radical (unpaired) electrons. The number of aromatic nitrogens is 2. The van der Waals surface area contributed by atoms with Crippen molar-refractivity contribution in [3.63, 3.8) is 0 Å². The third-order valence-corrected chi connectivity index (χ3v) is 3.48. The highest BCUT2D eigenvalue weighted by Crippen LogP contribution is 2.24. The first kappa shape index (κ1) is 12.5. The summed E-state index contributed by atoms with van der Waals surface area (Å²) in [6, 6.07) is 14.0. The summed E-state index contributed by atoms with van der Waals surface area (Å²) in [5.74, 6) is 1.71. The minimum Gasteiger partial charge on any atom is -0.495 e. The summed E-state index contributed by atoms with van der Waals surface area (Å²) in [5, 5.41) is 0. The fourth-order valence-corrected chi connectivity index (χ4v) is 2.46. The van der Waals surface area contributed by atoms with E-state index in [4.69, 9.17) is 10.5 Å². The summed E-state index contributed by atoms with van der Waals surface area (Å²) in [7, 11) is 1.62. The van der Waals surface area contributed by atoms with Crippen molar-refractivity contribution in [2.75, 3.05) is 12.8 Å². The predicted octanol–water partition coefficient (Wildman–Crippen LogP) is 2.98. The fraction of sp³-hybridized carbons (Fsp3) is 0.188. The smallest absolute Gasteiger partial charge is 0.141 e. The van der Waals surface area contributed by atoms with E-state index in [9.17, 15) is 0 Å². The number of anilines is 1. The summed E-state index contributed by atoms with van der Waals surface area (Å²) in [5.41, 5.74) is 9.91. The lowest BCUT2D eigenvalue weighted by atomic mass is 10.2. The minimum atomic E-state index is 0.659. The van der Waals surface area contributed by atoms with E-state index < -0.39 is 0 Å². The number of nitrogens with zero attached hydrogens (tertiary/aromatic N) is 2. The van der Waals surface area contributed by atoms with Crippen molar-refractivity contribution < 1.29 is 4.74 Å². The van der Waals surface area contributed by atoms with Gasteiger partial charge in [0.1, 0.15) is 11.6 Å². The van der Waals surface area contributed by atoms with E-state index in [0.717, 1.165) is 29.0 Å². The van der Waals surface area contributed by atoms with Crippen LogP contribution in [0, 0.1) is 6.92 Å². The number of hydrogen-bond donors (Lipinski definition) is 1. The van der Waals surface area contributed by atoms with Crippen LogP contribution in [0.3, 0.4) is 0 Å². The van der Waals surface area contributed by atoms with Crippen molar-refractivity contribution in [2.45, 2.75) is 13.5 Å². The Morgan fingerprint density at radius 2 is 2.00 bits per heavy atom. The number of para-hydroxylation sites is 2. The maximum Gasteiger partial charge on any atom is 0.141 e. The maximum absolute atomic E-state index is 5.96. The Hall–Kier alpha value is -2.49. The molecule has 0 saturated carbocycles. The molecule has 20 heavy (non-hydrogen) atoms. The van der Waals surface area contributed by atoms with Crippen LogP contribution < -0.4 is 10.5 Å². The van der Waals surface area contributed by atoms with Gasteiger partial charge in [-0.1, -0.05) is 18.2 Å². The zero-order valence-electron chi connectivity index (χ0n) is 11.6. The number of hydrogen-bond acceptors (Lipinski definition) is 3. The van der Waals surface area contributed by atoms with Gasteiger partial charge in [0.2, 0.25) is 0 Å². The third-order valence-electron chi connectivity index (χ3n) is 3.48. The van der Waals surface area contributed by atoms with Crippen LogP contribution in [-0.4, -0.2) is 16.7 Å². The van der Waals surface area contributed by atoms with Crippen molar-refractivity contribution in [1.82, 2.24) is 9.55 Å². The summed E-state index contributed by atoms with van der Waals surface area (Å²) in [4.78, 5) is 4.57. The van der Waals surface area contributed by atoms with E-state index in [2.05, 4.69) is 15.6 Å². The van der Waals surface area contributed by atoms with Gasteiger partial charge in [-0.2, -0.15) is 0 Å². The molecule has 3 rings (SSSR count). The number of aryl methyl sites for hydroxylation is 1. The lowest BCUT2D eigenvalue weighted by Gasteiger charge is -2.10. The van der Waals surface area contributed by atoms with Gasteiger partial charge in [-0.3, -0.25) is 0 Å². The van der Waals surface area contributed by atoms with Crippen LogP contribution in [0.5, 0.6) is 5.75 Å². The molecule has 0 fully saturated rings. The van der Waals surface area contributed by atoms with Gasteiger partial charge in [0.25, 0.3) is 0 Å². The quantitative estimate of drug-likeness (QED) is 0.742. The van der Waals surface area contributed by atoms with Crippen molar-refractivity contribution in [3.05, 3.63) is 53.9 Å².